The number of aromatic nitrogens is 2. The van der Waals surface area contributed by atoms with Gasteiger partial charge in [0.2, 0.25) is 0 Å². The maximum absolute atomic E-state index is 10.8. The standard InChI is InChI=1S/C10H9N3O.BrH/c11-8-3-1-7(2-4-8)9-5-13-10(14)6-12-9;/h1-6H,11H2,(H,13,14);1H. The molecule has 15 heavy (non-hydrogen) atoms. The van der Waals surface area contributed by atoms with Gasteiger partial charge in [-0.25, -0.2) is 4.98 Å². The Kier molecular flexibility index (Phi) is 3.62. The molecule has 0 radical (unpaired) electrons. The van der Waals surface area contributed by atoms with Gasteiger partial charge in [0.05, 0.1) is 11.9 Å². The molecule has 0 saturated carbocycles. The zero-order chi connectivity index (χ0) is 9.97. The van der Waals surface area contributed by atoms with E-state index < -0.39 is 0 Å². The van der Waals surface area contributed by atoms with E-state index in [-0.39, 0.29) is 22.5 Å². The molecule has 0 atom stereocenters. The first kappa shape index (κ1) is 11.5. The number of hydrogen-bond acceptors (Lipinski definition) is 3. The summed E-state index contributed by atoms with van der Waals surface area (Å²) in [4.78, 5) is 17.3. The Morgan fingerprint density at radius 3 is 2.40 bits per heavy atom. The van der Waals surface area contributed by atoms with Gasteiger partial charge in [-0.05, 0) is 12.1 Å². The second kappa shape index (κ2) is 4.75. The molecular weight excluding hydrogens is 258 g/mol. The highest BCUT2D eigenvalue weighted by molar-refractivity contribution is 8.93. The summed E-state index contributed by atoms with van der Waals surface area (Å²) in [7, 11) is 0. The normalized spacial score (nSPS) is 9.33. The first-order chi connectivity index (χ1) is 6.75. The summed E-state index contributed by atoms with van der Waals surface area (Å²) < 4.78 is 0. The van der Waals surface area contributed by atoms with E-state index in [0.29, 0.717) is 5.69 Å². The summed E-state index contributed by atoms with van der Waals surface area (Å²) in [5, 5.41) is 0. The van der Waals surface area contributed by atoms with Crippen LogP contribution in [0.15, 0.2) is 41.5 Å². The fraction of sp³-hybridized carbons (Fsp3) is 0. The monoisotopic (exact) mass is 267 g/mol. The maximum atomic E-state index is 10.8. The van der Waals surface area contributed by atoms with Crippen molar-refractivity contribution >= 4 is 22.7 Å². The van der Waals surface area contributed by atoms with Crippen LogP contribution >= 0.6 is 17.0 Å². The van der Waals surface area contributed by atoms with E-state index >= 15 is 0 Å². The van der Waals surface area contributed by atoms with E-state index in [9.17, 15) is 4.79 Å². The number of halogens is 1. The van der Waals surface area contributed by atoms with Gasteiger partial charge in [0.25, 0.3) is 5.56 Å². The minimum absolute atomic E-state index is 0. The lowest BCUT2D eigenvalue weighted by Crippen LogP contribution is -2.04. The number of nitrogens with one attached hydrogen (secondary N) is 1. The highest BCUT2D eigenvalue weighted by atomic mass is 79.9. The van der Waals surface area contributed by atoms with Crippen LogP contribution in [0.4, 0.5) is 5.69 Å². The molecule has 5 heteroatoms. The minimum atomic E-state index is -0.204. The first-order valence-corrected chi connectivity index (χ1v) is 4.16. The number of hydrogen-bond donors (Lipinski definition) is 2. The summed E-state index contributed by atoms with van der Waals surface area (Å²) in [6.45, 7) is 0. The van der Waals surface area contributed by atoms with E-state index in [4.69, 9.17) is 5.73 Å². The zero-order valence-electron chi connectivity index (χ0n) is 7.81. The number of rotatable bonds is 1. The molecule has 0 amide bonds. The smallest absolute Gasteiger partial charge is 0.266 e. The Morgan fingerprint density at radius 2 is 1.87 bits per heavy atom. The Morgan fingerprint density at radius 1 is 1.20 bits per heavy atom. The third-order valence-corrected chi connectivity index (χ3v) is 1.88. The number of benzene rings is 1. The molecule has 0 bridgehead atoms. The highest BCUT2D eigenvalue weighted by Gasteiger charge is 1.97. The van der Waals surface area contributed by atoms with E-state index in [1.807, 2.05) is 12.1 Å². The molecule has 0 saturated heterocycles. The predicted molar refractivity (Wildman–Crippen MR) is 65.0 cm³/mol. The average molecular weight is 268 g/mol. The van der Waals surface area contributed by atoms with E-state index in [1.54, 1.807) is 18.3 Å². The number of anilines is 1. The van der Waals surface area contributed by atoms with Crippen LogP contribution in [0.2, 0.25) is 0 Å². The molecule has 2 rings (SSSR count). The van der Waals surface area contributed by atoms with Crippen molar-refractivity contribution in [3.05, 3.63) is 47.0 Å². The third-order valence-electron chi connectivity index (χ3n) is 1.88. The van der Waals surface area contributed by atoms with E-state index in [1.165, 1.54) is 6.20 Å². The zero-order valence-corrected chi connectivity index (χ0v) is 9.52. The fourth-order valence-corrected chi connectivity index (χ4v) is 1.15. The molecule has 0 unspecified atom stereocenters. The molecule has 2 aromatic rings. The molecule has 78 valence electrons. The van der Waals surface area contributed by atoms with Gasteiger partial charge in [-0.15, -0.1) is 17.0 Å². The van der Waals surface area contributed by atoms with Gasteiger partial charge >= 0.3 is 0 Å². The Hall–Kier alpha value is -1.62. The van der Waals surface area contributed by atoms with Gasteiger partial charge in [0, 0.05) is 17.4 Å². The van der Waals surface area contributed by atoms with Crippen molar-refractivity contribution in [3.8, 4) is 11.3 Å². The van der Waals surface area contributed by atoms with Crippen LogP contribution in [0.5, 0.6) is 0 Å². The van der Waals surface area contributed by atoms with E-state index in [2.05, 4.69) is 9.97 Å². The van der Waals surface area contributed by atoms with Crippen LogP contribution in [-0.4, -0.2) is 9.97 Å². The predicted octanol–water partition coefficient (Wildman–Crippen LogP) is 1.60. The fourth-order valence-electron chi connectivity index (χ4n) is 1.15. The molecule has 3 N–H and O–H groups in total. The topological polar surface area (TPSA) is 71.8 Å². The van der Waals surface area contributed by atoms with Gasteiger partial charge in [-0.1, -0.05) is 12.1 Å². The van der Waals surface area contributed by atoms with Crippen molar-refractivity contribution in [2.24, 2.45) is 0 Å². The number of H-pyrrole nitrogens is 1. The lowest BCUT2D eigenvalue weighted by Gasteiger charge is -1.99. The van der Waals surface area contributed by atoms with Gasteiger partial charge in [0.15, 0.2) is 0 Å². The van der Waals surface area contributed by atoms with Crippen molar-refractivity contribution in [2.45, 2.75) is 0 Å². The van der Waals surface area contributed by atoms with Crippen LogP contribution in [-0.2, 0) is 0 Å². The average Bonchev–Trinajstić information content (AvgIpc) is 2.21. The second-order valence-electron chi connectivity index (χ2n) is 2.92. The minimum Gasteiger partial charge on any atom is -0.399 e. The lowest BCUT2D eigenvalue weighted by molar-refractivity contribution is 1.14. The summed E-state index contributed by atoms with van der Waals surface area (Å²) >= 11 is 0. The second-order valence-corrected chi connectivity index (χ2v) is 2.92. The SMILES string of the molecule is Br.Nc1ccc(-c2c[nH]c(=O)cn2)cc1. The number of nitrogens with zero attached hydrogens (tertiary/aromatic N) is 1. The summed E-state index contributed by atoms with van der Waals surface area (Å²) in [5.41, 5.74) is 7.71. The molecule has 1 aromatic carbocycles. The molecule has 0 spiro atoms. The molecule has 0 aliphatic heterocycles. The van der Waals surface area contributed by atoms with Crippen molar-refractivity contribution < 1.29 is 0 Å². The lowest BCUT2D eigenvalue weighted by atomic mass is 10.1. The van der Waals surface area contributed by atoms with Crippen LogP contribution in [0.25, 0.3) is 11.3 Å². The summed E-state index contributed by atoms with van der Waals surface area (Å²) in [6, 6.07) is 7.30. The van der Waals surface area contributed by atoms with Crippen molar-refractivity contribution in [1.82, 2.24) is 9.97 Å². The third kappa shape index (κ3) is 2.66. The Bertz CT molecular complexity index is 472. The quantitative estimate of drug-likeness (QED) is 0.771. The molecule has 0 aliphatic rings. The molecule has 1 aromatic heterocycles. The summed E-state index contributed by atoms with van der Waals surface area (Å²) in [6.07, 6.45) is 2.83. The van der Waals surface area contributed by atoms with E-state index in [0.717, 1.165) is 11.3 Å². The molecule has 1 heterocycles. The molecular formula is C10H10BrN3O. The molecule has 4 nitrogen and oxygen atoms in total. The first-order valence-electron chi connectivity index (χ1n) is 4.16. The van der Waals surface area contributed by atoms with Crippen LogP contribution in [0.1, 0.15) is 0 Å². The van der Waals surface area contributed by atoms with Crippen LogP contribution in [0.3, 0.4) is 0 Å². The van der Waals surface area contributed by atoms with Crippen molar-refractivity contribution in [2.75, 3.05) is 5.73 Å². The van der Waals surface area contributed by atoms with Crippen LogP contribution < -0.4 is 11.3 Å². The largest absolute Gasteiger partial charge is 0.399 e. The molecule has 0 fully saturated rings. The van der Waals surface area contributed by atoms with Crippen molar-refractivity contribution in [3.63, 3.8) is 0 Å². The highest BCUT2D eigenvalue weighted by Crippen LogP contribution is 2.15. The van der Waals surface area contributed by atoms with Gasteiger partial charge < -0.3 is 10.7 Å². The number of nitrogens with two attached hydrogens (primary N) is 1. The van der Waals surface area contributed by atoms with Crippen molar-refractivity contribution in [1.29, 1.82) is 0 Å². The number of aromatic amines is 1. The summed E-state index contributed by atoms with van der Waals surface area (Å²) in [5.74, 6) is 0. The van der Waals surface area contributed by atoms with Gasteiger partial charge in [0.1, 0.15) is 0 Å². The van der Waals surface area contributed by atoms with Crippen LogP contribution in [0, 0.1) is 0 Å². The van der Waals surface area contributed by atoms with Gasteiger partial charge in [-0.2, -0.15) is 0 Å². The maximum Gasteiger partial charge on any atom is 0.266 e. The number of nitrogen functional groups attached to an aromatic ring is 1. The van der Waals surface area contributed by atoms with Gasteiger partial charge in [-0.3, -0.25) is 4.79 Å². The Labute approximate surface area is 96.9 Å². The molecule has 0 aliphatic carbocycles. The Balaban J connectivity index is 0.00000112.